The van der Waals surface area contributed by atoms with E-state index in [0.29, 0.717) is 14.8 Å². The fourth-order valence-electron chi connectivity index (χ4n) is 0.661. The Morgan fingerprint density at radius 3 is 2.60 bits per heavy atom. The summed E-state index contributed by atoms with van der Waals surface area (Å²) in [6.45, 7) is 1.72. The highest BCUT2D eigenvalue weighted by Gasteiger charge is 2.04. The highest BCUT2D eigenvalue weighted by atomic mass is 127. The van der Waals surface area contributed by atoms with Crippen LogP contribution in [-0.2, 0) is 0 Å². The summed E-state index contributed by atoms with van der Waals surface area (Å²) >= 11 is 1.89. The fourth-order valence-corrected chi connectivity index (χ4v) is 1.27. The lowest BCUT2D eigenvalue weighted by molar-refractivity contribution is 0.612. The number of nitrogens with two attached hydrogens (primary N) is 1. The second-order valence-electron chi connectivity index (χ2n) is 2.10. The van der Waals surface area contributed by atoms with Crippen molar-refractivity contribution in [3.8, 4) is 0 Å². The standard InChI is InChI=1S/C7H7FIN/c1-4-2-3-5(10)7(9)6(4)8/h2-3H,10H2,1H3. The van der Waals surface area contributed by atoms with Crippen LogP contribution in [0.1, 0.15) is 5.56 Å². The average molecular weight is 251 g/mol. The lowest BCUT2D eigenvalue weighted by Gasteiger charge is -2.00. The first-order chi connectivity index (χ1) is 4.63. The molecule has 0 heterocycles. The molecular weight excluding hydrogens is 244 g/mol. The van der Waals surface area contributed by atoms with Gasteiger partial charge in [-0.05, 0) is 41.1 Å². The summed E-state index contributed by atoms with van der Waals surface area (Å²) in [5, 5.41) is 0. The molecule has 1 nitrogen and oxygen atoms in total. The number of aryl methyl sites for hydroxylation is 1. The van der Waals surface area contributed by atoms with Crippen LogP contribution >= 0.6 is 22.6 Å². The van der Waals surface area contributed by atoms with Gasteiger partial charge >= 0.3 is 0 Å². The normalized spacial score (nSPS) is 9.90. The second-order valence-corrected chi connectivity index (χ2v) is 3.18. The van der Waals surface area contributed by atoms with Gasteiger partial charge in [-0.3, -0.25) is 0 Å². The van der Waals surface area contributed by atoms with Gasteiger partial charge in [0.15, 0.2) is 0 Å². The molecule has 0 saturated carbocycles. The monoisotopic (exact) mass is 251 g/mol. The smallest absolute Gasteiger partial charge is 0.141 e. The Morgan fingerprint density at radius 1 is 1.50 bits per heavy atom. The summed E-state index contributed by atoms with van der Waals surface area (Å²) in [5.41, 5.74) is 6.58. The first-order valence-electron chi connectivity index (χ1n) is 2.83. The van der Waals surface area contributed by atoms with Crippen molar-refractivity contribution in [2.24, 2.45) is 0 Å². The van der Waals surface area contributed by atoms with E-state index in [1.54, 1.807) is 19.1 Å². The minimum absolute atomic E-state index is 0.208. The summed E-state index contributed by atoms with van der Waals surface area (Å²) in [7, 11) is 0. The van der Waals surface area contributed by atoms with Crippen molar-refractivity contribution in [2.45, 2.75) is 6.92 Å². The molecule has 1 aromatic carbocycles. The van der Waals surface area contributed by atoms with Crippen molar-refractivity contribution in [1.29, 1.82) is 0 Å². The van der Waals surface area contributed by atoms with Gasteiger partial charge < -0.3 is 5.73 Å². The van der Waals surface area contributed by atoms with E-state index >= 15 is 0 Å². The Kier molecular flexibility index (Phi) is 2.13. The molecular formula is C7H7FIN. The SMILES string of the molecule is Cc1ccc(N)c(I)c1F. The van der Waals surface area contributed by atoms with Crippen LogP contribution in [0.3, 0.4) is 0 Å². The lowest BCUT2D eigenvalue weighted by Crippen LogP contribution is -1.94. The molecule has 0 aliphatic rings. The Morgan fingerprint density at radius 2 is 2.10 bits per heavy atom. The molecule has 10 heavy (non-hydrogen) atoms. The van der Waals surface area contributed by atoms with Crippen LogP contribution in [0.2, 0.25) is 0 Å². The van der Waals surface area contributed by atoms with Crippen LogP contribution in [-0.4, -0.2) is 0 Å². The number of nitrogen functional groups attached to an aromatic ring is 1. The van der Waals surface area contributed by atoms with Crippen LogP contribution in [0.15, 0.2) is 12.1 Å². The Balaban J connectivity index is 3.34. The molecule has 0 aliphatic heterocycles. The molecule has 0 fully saturated rings. The van der Waals surface area contributed by atoms with E-state index in [0.717, 1.165) is 0 Å². The molecule has 1 aromatic rings. The predicted molar refractivity (Wildman–Crippen MR) is 48.3 cm³/mol. The van der Waals surface area contributed by atoms with Gasteiger partial charge in [0, 0.05) is 5.69 Å². The zero-order valence-corrected chi connectivity index (χ0v) is 7.65. The van der Waals surface area contributed by atoms with Gasteiger partial charge in [0.2, 0.25) is 0 Å². The Labute approximate surface area is 72.6 Å². The van der Waals surface area contributed by atoms with Gasteiger partial charge in [0.25, 0.3) is 0 Å². The molecule has 0 amide bonds. The number of rotatable bonds is 0. The molecule has 3 heteroatoms. The van der Waals surface area contributed by atoms with Crippen LogP contribution in [0, 0.1) is 16.3 Å². The van der Waals surface area contributed by atoms with Gasteiger partial charge in [-0.2, -0.15) is 0 Å². The van der Waals surface area contributed by atoms with Crippen molar-refractivity contribution in [3.05, 3.63) is 27.1 Å². The number of hydrogen-bond donors (Lipinski definition) is 1. The van der Waals surface area contributed by atoms with Gasteiger partial charge in [-0.1, -0.05) is 6.07 Å². The van der Waals surface area contributed by atoms with Crippen LogP contribution in [0.25, 0.3) is 0 Å². The van der Waals surface area contributed by atoms with E-state index in [9.17, 15) is 4.39 Å². The predicted octanol–water partition coefficient (Wildman–Crippen LogP) is 2.32. The van der Waals surface area contributed by atoms with E-state index in [1.807, 2.05) is 22.6 Å². The van der Waals surface area contributed by atoms with E-state index in [1.165, 1.54) is 0 Å². The minimum Gasteiger partial charge on any atom is -0.398 e. The summed E-state index contributed by atoms with van der Waals surface area (Å²) in [4.78, 5) is 0. The van der Waals surface area contributed by atoms with Gasteiger partial charge in [-0.25, -0.2) is 4.39 Å². The number of hydrogen-bond acceptors (Lipinski definition) is 1. The highest BCUT2D eigenvalue weighted by molar-refractivity contribution is 14.1. The topological polar surface area (TPSA) is 26.0 Å². The fraction of sp³-hybridized carbons (Fsp3) is 0.143. The highest BCUT2D eigenvalue weighted by Crippen LogP contribution is 2.20. The van der Waals surface area contributed by atoms with E-state index in [4.69, 9.17) is 5.73 Å². The molecule has 0 radical (unpaired) electrons. The van der Waals surface area contributed by atoms with Crippen molar-refractivity contribution >= 4 is 28.3 Å². The Bertz CT molecular complexity index is 233. The quantitative estimate of drug-likeness (QED) is 0.555. The van der Waals surface area contributed by atoms with Crippen molar-refractivity contribution in [2.75, 3.05) is 5.73 Å². The van der Waals surface area contributed by atoms with Crippen LogP contribution in [0.5, 0.6) is 0 Å². The molecule has 0 aromatic heterocycles. The van der Waals surface area contributed by atoms with E-state index in [-0.39, 0.29) is 5.82 Å². The molecule has 0 aliphatic carbocycles. The van der Waals surface area contributed by atoms with Crippen molar-refractivity contribution in [1.82, 2.24) is 0 Å². The molecule has 0 unspecified atom stereocenters. The van der Waals surface area contributed by atoms with Crippen molar-refractivity contribution in [3.63, 3.8) is 0 Å². The summed E-state index contributed by atoms with van der Waals surface area (Å²) in [6.07, 6.45) is 0. The maximum absolute atomic E-state index is 12.9. The average Bonchev–Trinajstić information content (AvgIpc) is 1.93. The number of anilines is 1. The first-order valence-corrected chi connectivity index (χ1v) is 3.91. The summed E-state index contributed by atoms with van der Waals surface area (Å²) in [5.74, 6) is -0.208. The molecule has 54 valence electrons. The molecule has 0 atom stereocenters. The molecule has 0 saturated heterocycles. The third kappa shape index (κ3) is 1.23. The lowest BCUT2D eigenvalue weighted by atomic mass is 10.2. The third-order valence-electron chi connectivity index (χ3n) is 1.31. The second kappa shape index (κ2) is 2.74. The van der Waals surface area contributed by atoms with E-state index < -0.39 is 0 Å². The summed E-state index contributed by atoms with van der Waals surface area (Å²) < 4.78 is 13.4. The maximum atomic E-state index is 12.9. The van der Waals surface area contributed by atoms with Crippen molar-refractivity contribution < 1.29 is 4.39 Å². The third-order valence-corrected chi connectivity index (χ3v) is 2.40. The largest absolute Gasteiger partial charge is 0.398 e. The number of halogens is 2. The first kappa shape index (κ1) is 7.78. The molecule has 1 rings (SSSR count). The minimum atomic E-state index is -0.208. The van der Waals surface area contributed by atoms with Crippen LogP contribution < -0.4 is 5.73 Å². The number of benzene rings is 1. The molecule has 0 bridgehead atoms. The Hall–Kier alpha value is -0.320. The van der Waals surface area contributed by atoms with Crippen LogP contribution in [0.4, 0.5) is 10.1 Å². The zero-order valence-electron chi connectivity index (χ0n) is 5.49. The van der Waals surface area contributed by atoms with Gasteiger partial charge in [0.1, 0.15) is 5.82 Å². The van der Waals surface area contributed by atoms with E-state index in [2.05, 4.69) is 0 Å². The zero-order chi connectivity index (χ0) is 7.72. The van der Waals surface area contributed by atoms with Gasteiger partial charge in [0.05, 0.1) is 3.57 Å². The van der Waals surface area contributed by atoms with Gasteiger partial charge in [-0.15, -0.1) is 0 Å². The maximum Gasteiger partial charge on any atom is 0.141 e. The molecule has 2 N–H and O–H groups in total. The molecule has 0 spiro atoms. The summed E-state index contributed by atoms with van der Waals surface area (Å²) in [6, 6.07) is 3.38.